The van der Waals surface area contributed by atoms with Gasteiger partial charge in [0.1, 0.15) is 12.7 Å². The van der Waals surface area contributed by atoms with Gasteiger partial charge in [-0.25, -0.2) is 0 Å². The quantitative estimate of drug-likeness (QED) is 0.556. The largest absolute Gasteiger partial charge is 0.493 e. The molecule has 0 aliphatic rings. The third-order valence-corrected chi connectivity index (χ3v) is 4.61. The first-order chi connectivity index (χ1) is 14.0. The molecule has 0 aliphatic heterocycles. The molecule has 0 aromatic heterocycles. The summed E-state index contributed by atoms with van der Waals surface area (Å²) < 4.78 is 16.4. The van der Waals surface area contributed by atoms with Crippen LogP contribution in [0.4, 0.5) is 0 Å². The molecule has 1 N–H and O–H groups in total. The summed E-state index contributed by atoms with van der Waals surface area (Å²) >= 11 is 0. The minimum absolute atomic E-state index is 0.207. The van der Waals surface area contributed by atoms with E-state index in [-0.39, 0.29) is 6.61 Å². The number of aliphatic hydroxyl groups is 1. The molecule has 29 heavy (non-hydrogen) atoms. The molecular formula is C23H34N2O4. The fourth-order valence-corrected chi connectivity index (χ4v) is 3.13. The van der Waals surface area contributed by atoms with Crippen molar-refractivity contribution in [3.8, 4) is 11.5 Å². The van der Waals surface area contributed by atoms with Crippen LogP contribution in [0.15, 0.2) is 48.5 Å². The number of likely N-dealkylation sites (N-methyl/N-ethyl adjacent to an activating group) is 2. The van der Waals surface area contributed by atoms with Gasteiger partial charge in [-0.1, -0.05) is 36.4 Å². The lowest BCUT2D eigenvalue weighted by atomic mass is 10.2. The van der Waals surface area contributed by atoms with E-state index in [1.165, 1.54) is 5.56 Å². The van der Waals surface area contributed by atoms with Gasteiger partial charge in [0.25, 0.3) is 0 Å². The van der Waals surface area contributed by atoms with Gasteiger partial charge in [0.2, 0.25) is 0 Å². The molecule has 2 rings (SSSR count). The van der Waals surface area contributed by atoms with Gasteiger partial charge >= 0.3 is 0 Å². The number of rotatable bonds is 13. The van der Waals surface area contributed by atoms with Crippen molar-refractivity contribution >= 4 is 0 Å². The Hall–Kier alpha value is -2.12. The SMILES string of the molecule is COCCN(C)Cc1ccc(OC)c(OC[C@H](O)CN(C)Cc2ccccc2)c1. The van der Waals surface area contributed by atoms with Gasteiger partial charge in [-0.3, -0.25) is 9.80 Å². The molecule has 1 atom stereocenters. The van der Waals surface area contributed by atoms with Crippen molar-refractivity contribution in [3.63, 3.8) is 0 Å². The third-order valence-electron chi connectivity index (χ3n) is 4.61. The molecule has 0 unspecified atom stereocenters. The summed E-state index contributed by atoms with van der Waals surface area (Å²) in [5.41, 5.74) is 2.34. The number of ether oxygens (including phenoxy) is 3. The molecule has 160 valence electrons. The highest BCUT2D eigenvalue weighted by Gasteiger charge is 2.13. The van der Waals surface area contributed by atoms with E-state index in [1.807, 2.05) is 43.4 Å². The highest BCUT2D eigenvalue weighted by Crippen LogP contribution is 2.28. The van der Waals surface area contributed by atoms with Crippen LogP contribution in [0, 0.1) is 0 Å². The van der Waals surface area contributed by atoms with Gasteiger partial charge in [-0.05, 0) is 37.4 Å². The van der Waals surface area contributed by atoms with E-state index in [1.54, 1.807) is 14.2 Å². The van der Waals surface area contributed by atoms with Gasteiger partial charge < -0.3 is 19.3 Å². The molecule has 0 radical (unpaired) electrons. The van der Waals surface area contributed by atoms with Crippen molar-refractivity contribution in [1.29, 1.82) is 0 Å². The third kappa shape index (κ3) is 8.41. The number of hydrogen-bond acceptors (Lipinski definition) is 6. The number of benzene rings is 2. The Morgan fingerprint density at radius 1 is 0.897 bits per heavy atom. The van der Waals surface area contributed by atoms with Crippen molar-refractivity contribution in [1.82, 2.24) is 9.80 Å². The lowest BCUT2D eigenvalue weighted by molar-refractivity contribution is 0.0732. The maximum Gasteiger partial charge on any atom is 0.161 e. The Kier molecular flexibility index (Phi) is 9.94. The average molecular weight is 403 g/mol. The van der Waals surface area contributed by atoms with Gasteiger partial charge in [-0.15, -0.1) is 0 Å². The Balaban J connectivity index is 1.87. The minimum atomic E-state index is -0.596. The van der Waals surface area contributed by atoms with Gasteiger partial charge in [-0.2, -0.15) is 0 Å². The second kappa shape index (κ2) is 12.4. The highest BCUT2D eigenvalue weighted by atomic mass is 16.5. The Morgan fingerprint density at radius 3 is 2.31 bits per heavy atom. The van der Waals surface area contributed by atoms with Crippen molar-refractivity contribution in [2.75, 3.05) is 54.6 Å². The van der Waals surface area contributed by atoms with Crippen molar-refractivity contribution in [2.24, 2.45) is 0 Å². The molecular weight excluding hydrogens is 368 g/mol. The monoisotopic (exact) mass is 402 g/mol. The molecule has 0 amide bonds. The molecule has 0 fully saturated rings. The number of methoxy groups -OCH3 is 2. The zero-order valence-electron chi connectivity index (χ0n) is 18.0. The first-order valence-electron chi connectivity index (χ1n) is 9.89. The molecule has 0 bridgehead atoms. The van der Waals surface area contributed by atoms with Crippen molar-refractivity contribution < 1.29 is 19.3 Å². The van der Waals surface area contributed by atoms with Crippen LogP contribution < -0.4 is 9.47 Å². The predicted molar refractivity (Wildman–Crippen MR) is 115 cm³/mol. The first-order valence-corrected chi connectivity index (χ1v) is 9.89. The summed E-state index contributed by atoms with van der Waals surface area (Å²) in [5, 5.41) is 10.4. The van der Waals surface area contributed by atoms with Crippen LogP contribution in [0.3, 0.4) is 0 Å². The zero-order chi connectivity index (χ0) is 21.1. The summed E-state index contributed by atoms with van der Waals surface area (Å²) in [6.07, 6.45) is -0.596. The van der Waals surface area contributed by atoms with E-state index in [0.29, 0.717) is 24.7 Å². The first kappa shape index (κ1) is 23.2. The maximum absolute atomic E-state index is 10.4. The lowest BCUT2D eigenvalue weighted by Crippen LogP contribution is -2.32. The Morgan fingerprint density at radius 2 is 1.62 bits per heavy atom. The second-order valence-electron chi connectivity index (χ2n) is 7.36. The Bertz CT molecular complexity index is 711. The number of hydrogen-bond donors (Lipinski definition) is 1. The van der Waals surface area contributed by atoms with Crippen LogP contribution in [0.1, 0.15) is 11.1 Å². The van der Waals surface area contributed by atoms with Crippen LogP contribution in [0.5, 0.6) is 11.5 Å². The smallest absolute Gasteiger partial charge is 0.161 e. The molecule has 6 nitrogen and oxygen atoms in total. The summed E-state index contributed by atoms with van der Waals surface area (Å²) in [4.78, 5) is 4.27. The molecule has 0 spiro atoms. The summed E-state index contributed by atoms with van der Waals surface area (Å²) in [6.45, 7) is 3.84. The van der Waals surface area contributed by atoms with E-state index in [4.69, 9.17) is 14.2 Å². The molecule has 2 aromatic carbocycles. The van der Waals surface area contributed by atoms with E-state index in [2.05, 4.69) is 29.0 Å². The van der Waals surface area contributed by atoms with Gasteiger partial charge in [0.05, 0.1) is 13.7 Å². The average Bonchev–Trinajstić information content (AvgIpc) is 2.71. The fourth-order valence-electron chi connectivity index (χ4n) is 3.13. The molecule has 0 aliphatic carbocycles. The van der Waals surface area contributed by atoms with Crippen LogP contribution in [0.2, 0.25) is 0 Å². The molecule has 0 saturated heterocycles. The van der Waals surface area contributed by atoms with Crippen LogP contribution in [-0.2, 0) is 17.8 Å². The fraction of sp³-hybridized carbons (Fsp3) is 0.478. The van der Waals surface area contributed by atoms with Gasteiger partial charge in [0, 0.05) is 33.3 Å². The minimum Gasteiger partial charge on any atom is -0.493 e. The van der Waals surface area contributed by atoms with E-state index < -0.39 is 6.10 Å². The van der Waals surface area contributed by atoms with Gasteiger partial charge in [0.15, 0.2) is 11.5 Å². The lowest BCUT2D eigenvalue weighted by Gasteiger charge is -2.22. The van der Waals surface area contributed by atoms with Crippen LogP contribution in [0.25, 0.3) is 0 Å². The zero-order valence-corrected chi connectivity index (χ0v) is 18.0. The highest BCUT2D eigenvalue weighted by molar-refractivity contribution is 5.43. The van der Waals surface area contributed by atoms with E-state index in [9.17, 15) is 5.11 Å². The molecule has 2 aromatic rings. The summed E-state index contributed by atoms with van der Waals surface area (Å²) in [7, 11) is 7.37. The summed E-state index contributed by atoms with van der Waals surface area (Å²) in [5.74, 6) is 1.31. The Labute approximate surface area is 174 Å². The topological polar surface area (TPSA) is 54.4 Å². The summed E-state index contributed by atoms with van der Waals surface area (Å²) in [6, 6.07) is 16.1. The van der Waals surface area contributed by atoms with Crippen LogP contribution in [-0.4, -0.2) is 75.6 Å². The maximum atomic E-state index is 10.4. The molecule has 0 heterocycles. The number of nitrogens with zero attached hydrogens (tertiary/aromatic N) is 2. The van der Waals surface area contributed by atoms with E-state index in [0.717, 1.165) is 25.2 Å². The van der Waals surface area contributed by atoms with E-state index >= 15 is 0 Å². The normalized spacial score (nSPS) is 12.4. The van der Waals surface area contributed by atoms with Crippen molar-refractivity contribution in [3.05, 3.63) is 59.7 Å². The standard InChI is InChI=1S/C23H34N2O4/c1-24(12-13-27-3)16-20-10-11-22(28-4)23(14-20)29-18-21(26)17-25(2)15-19-8-6-5-7-9-19/h5-11,14,21,26H,12-13,15-18H2,1-4H3/t21-/m1/s1. The van der Waals surface area contributed by atoms with Crippen LogP contribution >= 0.6 is 0 Å². The molecule has 6 heteroatoms. The number of aliphatic hydroxyl groups excluding tert-OH is 1. The second-order valence-corrected chi connectivity index (χ2v) is 7.36. The van der Waals surface area contributed by atoms with Crippen molar-refractivity contribution in [2.45, 2.75) is 19.2 Å². The molecule has 0 saturated carbocycles. The predicted octanol–water partition coefficient (Wildman–Crippen LogP) is 2.65.